The molecular formula is C18H23N5O. The van der Waals surface area contributed by atoms with Crippen molar-refractivity contribution in [2.45, 2.75) is 45.1 Å². The molecule has 0 unspecified atom stereocenters. The third kappa shape index (κ3) is 3.32. The first kappa shape index (κ1) is 15.3. The highest BCUT2D eigenvalue weighted by Gasteiger charge is 2.26. The average molecular weight is 325 g/mol. The van der Waals surface area contributed by atoms with Crippen LogP contribution in [0.25, 0.3) is 0 Å². The summed E-state index contributed by atoms with van der Waals surface area (Å²) >= 11 is 0. The Morgan fingerprint density at radius 3 is 2.50 bits per heavy atom. The maximum absolute atomic E-state index is 11.9. The summed E-state index contributed by atoms with van der Waals surface area (Å²) in [6, 6.07) is 7.61. The molecule has 1 saturated heterocycles. The number of rotatable bonds is 4. The minimum absolute atomic E-state index is 0.00967. The van der Waals surface area contributed by atoms with Gasteiger partial charge in [-0.1, -0.05) is 0 Å². The average Bonchev–Trinajstić information content (AvgIpc) is 3.44. The molecule has 1 saturated carbocycles. The van der Waals surface area contributed by atoms with E-state index in [1.807, 2.05) is 6.92 Å². The minimum atomic E-state index is -0.00967. The molecule has 0 atom stereocenters. The molecule has 2 aromatic heterocycles. The maximum Gasteiger partial charge on any atom is 0.266 e. The van der Waals surface area contributed by atoms with Crippen molar-refractivity contribution >= 4 is 5.82 Å². The first-order valence-corrected chi connectivity index (χ1v) is 8.82. The lowest BCUT2D eigenvalue weighted by Gasteiger charge is -2.32. The van der Waals surface area contributed by atoms with Crippen LogP contribution in [0.2, 0.25) is 0 Å². The first-order valence-electron chi connectivity index (χ1n) is 8.82. The molecule has 0 radical (unpaired) electrons. The number of nitrogens with zero attached hydrogens (tertiary/aromatic N) is 5. The highest BCUT2D eigenvalue weighted by molar-refractivity contribution is 5.38. The molecule has 126 valence electrons. The van der Waals surface area contributed by atoms with Crippen LogP contribution in [0.3, 0.4) is 0 Å². The van der Waals surface area contributed by atoms with Crippen LogP contribution >= 0.6 is 0 Å². The van der Waals surface area contributed by atoms with E-state index in [1.54, 1.807) is 16.8 Å². The SMILES string of the molecule is Cc1ccc(=O)n(CC2CCN(c3ccc(C4CC4)nn3)CC2)n1. The van der Waals surface area contributed by atoms with Crippen molar-refractivity contribution in [2.75, 3.05) is 18.0 Å². The number of aryl methyl sites for hydroxylation is 1. The van der Waals surface area contributed by atoms with Crippen molar-refractivity contribution in [3.8, 4) is 0 Å². The van der Waals surface area contributed by atoms with Gasteiger partial charge in [0.1, 0.15) is 0 Å². The molecule has 6 nitrogen and oxygen atoms in total. The molecule has 0 spiro atoms. The van der Waals surface area contributed by atoms with E-state index in [4.69, 9.17) is 0 Å². The summed E-state index contributed by atoms with van der Waals surface area (Å²) in [6.07, 6.45) is 4.61. The molecule has 2 aromatic rings. The van der Waals surface area contributed by atoms with Crippen molar-refractivity contribution in [1.29, 1.82) is 0 Å². The van der Waals surface area contributed by atoms with Gasteiger partial charge in [0, 0.05) is 31.6 Å². The predicted molar refractivity (Wildman–Crippen MR) is 92.2 cm³/mol. The fraction of sp³-hybridized carbons (Fsp3) is 0.556. The summed E-state index contributed by atoms with van der Waals surface area (Å²) in [7, 11) is 0. The van der Waals surface area contributed by atoms with E-state index >= 15 is 0 Å². The molecule has 0 N–H and O–H groups in total. The van der Waals surface area contributed by atoms with Gasteiger partial charge in [0.05, 0.1) is 11.4 Å². The molecule has 0 aromatic carbocycles. The van der Waals surface area contributed by atoms with Gasteiger partial charge < -0.3 is 4.90 Å². The Balaban J connectivity index is 1.36. The Morgan fingerprint density at radius 2 is 1.83 bits per heavy atom. The molecule has 0 amide bonds. The van der Waals surface area contributed by atoms with Crippen LogP contribution < -0.4 is 10.5 Å². The normalized spacial score (nSPS) is 18.8. The van der Waals surface area contributed by atoms with E-state index in [0.717, 1.165) is 43.1 Å². The van der Waals surface area contributed by atoms with Crippen LogP contribution in [0.4, 0.5) is 5.82 Å². The zero-order valence-electron chi connectivity index (χ0n) is 14.1. The number of hydrogen-bond donors (Lipinski definition) is 0. The van der Waals surface area contributed by atoms with Crippen molar-refractivity contribution in [3.05, 3.63) is 46.0 Å². The minimum Gasteiger partial charge on any atom is -0.355 e. The Bertz CT molecular complexity index is 758. The van der Waals surface area contributed by atoms with Crippen LogP contribution in [0, 0.1) is 12.8 Å². The highest BCUT2D eigenvalue weighted by atomic mass is 16.1. The molecule has 3 heterocycles. The summed E-state index contributed by atoms with van der Waals surface area (Å²) in [5.41, 5.74) is 2.01. The molecule has 6 heteroatoms. The quantitative estimate of drug-likeness (QED) is 0.862. The summed E-state index contributed by atoms with van der Waals surface area (Å²) in [5, 5.41) is 13.1. The maximum atomic E-state index is 11.9. The van der Waals surface area contributed by atoms with Gasteiger partial charge in [-0.3, -0.25) is 4.79 Å². The lowest BCUT2D eigenvalue weighted by Crippen LogP contribution is -2.37. The third-order valence-electron chi connectivity index (χ3n) is 5.04. The van der Waals surface area contributed by atoms with Crippen LogP contribution in [0.5, 0.6) is 0 Å². The molecule has 4 rings (SSSR count). The van der Waals surface area contributed by atoms with Gasteiger partial charge >= 0.3 is 0 Å². The smallest absolute Gasteiger partial charge is 0.266 e. The van der Waals surface area contributed by atoms with Gasteiger partial charge in [-0.15, -0.1) is 5.10 Å². The lowest BCUT2D eigenvalue weighted by molar-refractivity contribution is 0.333. The molecule has 0 bridgehead atoms. The largest absolute Gasteiger partial charge is 0.355 e. The van der Waals surface area contributed by atoms with Crippen molar-refractivity contribution in [1.82, 2.24) is 20.0 Å². The molecule has 2 fully saturated rings. The summed E-state index contributed by atoms with van der Waals surface area (Å²) in [4.78, 5) is 14.2. The summed E-state index contributed by atoms with van der Waals surface area (Å²) in [5.74, 6) is 2.12. The fourth-order valence-electron chi connectivity index (χ4n) is 3.37. The van der Waals surface area contributed by atoms with Gasteiger partial charge in [0.25, 0.3) is 5.56 Å². The number of aromatic nitrogens is 4. The second-order valence-electron chi connectivity index (χ2n) is 7.02. The number of piperidine rings is 1. The van der Waals surface area contributed by atoms with E-state index in [9.17, 15) is 4.79 Å². The zero-order chi connectivity index (χ0) is 16.5. The van der Waals surface area contributed by atoms with Gasteiger partial charge in [-0.2, -0.15) is 10.2 Å². The van der Waals surface area contributed by atoms with Crippen molar-refractivity contribution in [3.63, 3.8) is 0 Å². The van der Waals surface area contributed by atoms with E-state index < -0.39 is 0 Å². The molecule has 24 heavy (non-hydrogen) atoms. The monoisotopic (exact) mass is 325 g/mol. The van der Waals surface area contributed by atoms with Crippen molar-refractivity contribution in [2.24, 2.45) is 5.92 Å². The van der Waals surface area contributed by atoms with Gasteiger partial charge in [-0.25, -0.2) is 4.68 Å². The van der Waals surface area contributed by atoms with E-state index in [0.29, 0.717) is 18.4 Å². The Labute approximate surface area is 141 Å². The van der Waals surface area contributed by atoms with Crippen LogP contribution in [0.1, 0.15) is 43.0 Å². The summed E-state index contributed by atoms with van der Waals surface area (Å²) < 4.78 is 1.61. The highest BCUT2D eigenvalue weighted by Crippen LogP contribution is 2.38. The third-order valence-corrected chi connectivity index (χ3v) is 5.04. The van der Waals surface area contributed by atoms with Crippen molar-refractivity contribution < 1.29 is 0 Å². The van der Waals surface area contributed by atoms with Crippen LogP contribution in [-0.2, 0) is 6.54 Å². The van der Waals surface area contributed by atoms with E-state index in [2.05, 4.69) is 32.3 Å². The van der Waals surface area contributed by atoms with E-state index in [-0.39, 0.29) is 5.56 Å². The number of hydrogen-bond acceptors (Lipinski definition) is 5. The molecule has 2 aliphatic rings. The van der Waals surface area contributed by atoms with Crippen LogP contribution in [0.15, 0.2) is 29.1 Å². The van der Waals surface area contributed by atoms with Gasteiger partial charge in [0.2, 0.25) is 0 Å². The molecule has 1 aliphatic carbocycles. The fourth-order valence-corrected chi connectivity index (χ4v) is 3.37. The Kier molecular flexibility index (Phi) is 4.04. The number of anilines is 1. The standard InChI is InChI=1S/C18H23N5O/c1-13-2-7-18(24)23(21-13)12-14-8-10-22(11-9-14)17-6-5-16(19-20-17)15-3-4-15/h2,5-7,14-15H,3-4,8-12H2,1H3. The Morgan fingerprint density at radius 1 is 1.04 bits per heavy atom. The first-order chi connectivity index (χ1) is 11.7. The topological polar surface area (TPSA) is 63.9 Å². The molecular weight excluding hydrogens is 302 g/mol. The van der Waals surface area contributed by atoms with Gasteiger partial charge in [-0.05, 0) is 56.7 Å². The Hall–Kier alpha value is -2.24. The summed E-state index contributed by atoms with van der Waals surface area (Å²) in [6.45, 7) is 4.55. The zero-order valence-corrected chi connectivity index (χ0v) is 14.1. The van der Waals surface area contributed by atoms with Gasteiger partial charge in [0.15, 0.2) is 5.82 Å². The van der Waals surface area contributed by atoms with Crippen LogP contribution in [-0.4, -0.2) is 33.1 Å². The predicted octanol–water partition coefficient (Wildman–Crippen LogP) is 2.14. The molecule has 1 aliphatic heterocycles. The second kappa shape index (κ2) is 6.34. The lowest BCUT2D eigenvalue weighted by atomic mass is 9.97. The van der Waals surface area contributed by atoms with E-state index in [1.165, 1.54) is 12.8 Å². The second-order valence-corrected chi connectivity index (χ2v) is 7.02.